The molecule has 100 valence electrons. The normalized spacial score (nSPS) is 10.7. The van der Waals surface area contributed by atoms with Gasteiger partial charge >= 0.3 is 0 Å². The maximum atomic E-state index is 9.69. The van der Waals surface area contributed by atoms with Gasteiger partial charge < -0.3 is 9.84 Å². The first-order valence-electron chi connectivity index (χ1n) is 6.64. The third-order valence-corrected chi connectivity index (χ3v) is 3.52. The van der Waals surface area contributed by atoms with Crippen molar-refractivity contribution in [3.63, 3.8) is 0 Å². The molecule has 0 aromatic heterocycles. The Kier molecular flexibility index (Phi) is 3.30. The molecule has 0 unspecified atom stereocenters. The summed E-state index contributed by atoms with van der Waals surface area (Å²) in [6, 6.07) is 19.8. The number of rotatable bonds is 3. The van der Waals surface area contributed by atoms with Crippen molar-refractivity contribution in [3.05, 3.63) is 71.8 Å². The van der Waals surface area contributed by atoms with E-state index < -0.39 is 0 Å². The SMILES string of the molecule is Cc1c(O)cccc1OCc1cccc2ccccc12. The van der Waals surface area contributed by atoms with Crippen molar-refractivity contribution in [2.24, 2.45) is 0 Å². The highest BCUT2D eigenvalue weighted by molar-refractivity contribution is 5.85. The van der Waals surface area contributed by atoms with Gasteiger partial charge in [0.1, 0.15) is 18.1 Å². The predicted molar refractivity (Wildman–Crippen MR) is 81.1 cm³/mol. The van der Waals surface area contributed by atoms with Crippen LogP contribution in [-0.2, 0) is 6.61 Å². The minimum Gasteiger partial charge on any atom is -0.508 e. The van der Waals surface area contributed by atoms with Crippen molar-refractivity contribution in [1.29, 1.82) is 0 Å². The average Bonchev–Trinajstić information content (AvgIpc) is 2.49. The van der Waals surface area contributed by atoms with Gasteiger partial charge in [-0.05, 0) is 35.4 Å². The fourth-order valence-electron chi connectivity index (χ4n) is 2.33. The van der Waals surface area contributed by atoms with Crippen molar-refractivity contribution < 1.29 is 9.84 Å². The van der Waals surface area contributed by atoms with Crippen LogP contribution >= 0.6 is 0 Å². The molecule has 0 spiro atoms. The zero-order valence-corrected chi connectivity index (χ0v) is 11.3. The highest BCUT2D eigenvalue weighted by Crippen LogP contribution is 2.27. The van der Waals surface area contributed by atoms with Gasteiger partial charge in [-0.3, -0.25) is 0 Å². The highest BCUT2D eigenvalue weighted by Gasteiger charge is 2.05. The highest BCUT2D eigenvalue weighted by atomic mass is 16.5. The summed E-state index contributed by atoms with van der Waals surface area (Å²) in [5.41, 5.74) is 1.92. The Bertz CT molecular complexity index is 742. The Morgan fingerprint density at radius 3 is 2.55 bits per heavy atom. The van der Waals surface area contributed by atoms with Crippen LogP contribution in [0.5, 0.6) is 11.5 Å². The first-order valence-corrected chi connectivity index (χ1v) is 6.64. The first kappa shape index (κ1) is 12.5. The van der Waals surface area contributed by atoms with E-state index in [1.54, 1.807) is 12.1 Å². The molecular weight excluding hydrogens is 248 g/mol. The van der Waals surface area contributed by atoms with E-state index in [1.807, 2.05) is 31.2 Å². The number of benzene rings is 3. The van der Waals surface area contributed by atoms with Crippen LogP contribution < -0.4 is 4.74 Å². The van der Waals surface area contributed by atoms with Crippen molar-refractivity contribution >= 4 is 10.8 Å². The van der Waals surface area contributed by atoms with E-state index in [2.05, 4.69) is 24.3 Å². The first-order chi connectivity index (χ1) is 9.75. The molecule has 0 atom stereocenters. The zero-order valence-electron chi connectivity index (χ0n) is 11.3. The minimum absolute atomic E-state index is 0.264. The lowest BCUT2D eigenvalue weighted by atomic mass is 10.1. The molecule has 2 nitrogen and oxygen atoms in total. The molecule has 0 amide bonds. The fourth-order valence-corrected chi connectivity index (χ4v) is 2.33. The van der Waals surface area contributed by atoms with Gasteiger partial charge in [-0.25, -0.2) is 0 Å². The molecule has 0 aliphatic carbocycles. The van der Waals surface area contributed by atoms with E-state index in [0.29, 0.717) is 6.61 Å². The molecular formula is C18H16O2. The van der Waals surface area contributed by atoms with Gasteiger partial charge in [0.25, 0.3) is 0 Å². The standard InChI is InChI=1S/C18H16O2/c1-13-17(19)10-5-11-18(13)20-12-15-8-4-7-14-6-2-3-9-16(14)15/h2-11,19H,12H2,1H3. The smallest absolute Gasteiger partial charge is 0.126 e. The Labute approximate surface area is 118 Å². The molecule has 0 bridgehead atoms. The van der Waals surface area contributed by atoms with Crippen molar-refractivity contribution in [3.8, 4) is 11.5 Å². The molecule has 20 heavy (non-hydrogen) atoms. The van der Waals surface area contributed by atoms with Crippen LogP contribution in [-0.4, -0.2) is 5.11 Å². The van der Waals surface area contributed by atoms with Gasteiger partial charge in [0.2, 0.25) is 0 Å². The van der Waals surface area contributed by atoms with Crippen LogP contribution in [0, 0.1) is 6.92 Å². The molecule has 0 radical (unpaired) electrons. The lowest BCUT2D eigenvalue weighted by Gasteiger charge is -2.11. The van der Waals surface area contributed by atoms with Gasteiger partial charge in [-0.15, -0.1) is 0 Å². The molecule has 0 aliphatic rings. The second-order valence-electron chi connectivity index (χ2n) is 4.83. The lowest BCUT2D eigenvalue weighted by Crippen LogP contribution is -1.97. The number of hydrogen-bond donors (Lipinski definition) is 1. The molecule has 0 fully saturated rings. The average molecular weight is 264 g/mol. The topological polar surface area (TPSA) is 29.5 Å². The number of hydrogen-bond acceptors (Lipinski definition) is 2. The molecule has 0 saturated heterocycles. The Hall–Kier alpha value is -2.48. The molecule has 0 heterocycles. The van der Waals surface area contributed by atoms with Gasteiger partial charge in [0.15, 0.2) is 0 Å². The quantitative estimate of drug-likeness (QED) is 0.758. The van der Waals surface area contributed by atoms with Gasteiger partial charge in [0, 0.05) is 5.56 Å². The van der Waals surface area contributed by atoms with Gasteiger partial charge in [0.05, 0.1) is 0 Å². The lowest BCUT2D eigenvalue weighted by molar-refractivity contribution is 0.303. The minimum atomic E-state index is 0.264. The van der Waals surface area contributed by atoms with Crippen LogP contribution in [0.1, 0.15) is 11.1 Å². The molecule has 0 aliphatic heterocycles. The fraction of sp³-hybridized carbons (Fsp3) is 0.111. The molecule has 3 rings (SSSR count). The molecule has 2 heteroatoms. The third-order valence-electron chi connectivity index (χ3n) is 3.52. The van der Waals surface area contributed by atoms with Gasteiger partial charge in [-0.2, -0.15) is 0 Å². The summed E-state index contributed by atoms with van der Waals surface area (Å²) in [6.07, 6.45) is 0. The number of phenolic OH excluding ortho intramolecular Hbond substituents is 1. The summed E-state index contributed by atoms with van der Waals surface area (Å²) in [4.78, 5) is 0. The van der Waals surface area contributed by atoms with E-state index in [-0.39, 0.29) is 5.75 Å². The summed E-state index contributed by atoms with van der Waals surface area (Å²) in [7, 11) is 0. The molecule has 3 aromatic carbocycles. The van der Waals surface area contributed by atoms with Crippen LogP contribution in [0.25, 0.3) is 10.8 Å². The summed E-state index contributed by atoms with van der Waals surface area (Å²) in [5.74, 6) is 0.985. The molecule has 0 saturated carbocycles. The van der Waals surface area contributed by atoms with E-state index in [0.717, 1.165) is 16.9 Å². The predicted octanol–water partition coefficient (Wildman–Crippen LogP) is 4.43. The summed E-state index contributed by atoms with van der Waals surface area (Å²) < 4.78 is 5.85. The van der Waals surface area contributed by atoms with E-state index in [1.165, 1.54) is 10.8 Å². The van der Waals surface area contributed by atoms with Crippen LogP contribution in [0.3, 0.4) is 0 Å². The van der Waals surface area contributed by atoms with E-state index in [9.17, 15) is 5.11 Å². The van der Waals surface area contributed by atoms with Gasteiger partial charge in [-0.1, -0.05) is 48.5 Å². The summed E-state index contributed by atoms with van der Waals surface area (Å²) >= 11 is 0. The number of aromatic hydroxyl groups is 1. The Morgan fingerprint density at radius 1 is 0.900 bits per heavy atom. The number of ether oxygens (including phenoxy) is 1. The van der Waals surface area contributed by atoms with Crippen molar-refractivity contribution in [2.75, 3.05) is 0 Å². The zero-order chi connectivity index (χ0) is 13.9. The van der Waals surface area contributed by atoms with Crippen LogP contribution in [0.15, 0.2) is 60.7 Å². The van der Waals surface area contributed by atoms with Crippen molar-refractivity contribution in [2.45, 2.75) is 13.5 Å². The molecule has 3 aromatic rings. The van der Waals surface area contributed by atoms with Crippen LogP contribution in [0.2, 0.25) is 0 Å². The maximum Gasteiger partial charge on any atom is 0.126 e. The second-order valence-corrected chi connectivity index (χ2v) is 4.83. The third kappa shape index (κ3) is 2.32. The monoisotopic (exact) mass is 264 g/mol. The van der Waals surface area contributed by atoms with Crippen molar-refractivity contribution in [1.82, 2.24) is 0 Å². The molecule has 1 N–H and O–H groups in total. The maximum absolute atomic E-state index is 9.69. The number of fused-ring (bicyclic) bond motifs is 1. The number of phenols is 1. The largest absolute Gasteiger partial charge is 0.508 e. The summed E-state index contributed by atoms with van der Waals surface area (Å²) in [5, 5.41) is 12.1. The van der Waals surface area contributed by atoms with E-state index in [4.69, 9.17) is 4.74 Å². The second kappa shape index (κ2) is 5.25. The Balaban J connectivity index is 1.89. The Morgan fingerprint density at radius 2 is 1.65 bits per heavy atom. The summed E-state index contributed by atoms with van der Waals surface area (Å²) in [6.45, 7) is 2.35. The van der Waals surface area contributed by atoms with Crippen LogP contribution in [0.4, 0.5) is 0 Å². The van der Waals surface area contributed by atoms with E-state index >= 15 is 0 Å².